The maximum atomic E-state index is 13.5. The van der Waals surface area contributed by atoms with E-state index in [0.717, 1.165) is 0 Å². The number of halogens is 1. The van der Waals surface area contributed by atoms with E-state index in [2.05, 4.69) is 16.0 Å². The van der Waals surface area contributed by atoms with Crippen molar-refractivity contribution in [3.05, 3.63) is 40.9 Å². The van der Waals surface area contributed by atoms with Gasteiger partial charge < -0.3 is 30.2 Å². The number of cyclic esters (lactones) is 1. The van der Waals surface area contributed by atoms with Crippen molar-refractivity contribution in [1.82, 2.24) is 16.0 Å². The Balaban J connectivity index is 2.49. The van der Waals surface area contributed by atoms with Gasteiger partial charge in [-0.3, -0.25) is 14.4 Å². The number of hydrogen-bond acceptors (Lipinski definition) is 7. The number of benzene rings is 1. The first-order valence-corrected chi connectivity index (χ1v) is 14.4. The quantitative estimate of drug-likeness (QED) is 0.333. The molecule has 5 atom stereocenters. The lowest BCUT2D eigenvalue weighted by Crippen LogP contribution is -2.58. The van der Waals surface area contributed by atoms with Gasteiger partial charge in [-0.05, 0) is 56.4 Å². The summed E-state index contributed by atoms with van der Waals surface area (Å²) in [6.07, 6.45) is 3.01. The summed E-state index contributed by atoms with van der Waals surface area (Å²) in [4.78, 5) is 64.9. The zero-order valence-electron chi connectivity index (χ0n) is 25.7. The molecule has 0 saturated heterocycles. The summed E-state index contributed by atoms with van der Waals surface area (Å²) in [6.45, 7) is 12.4. The Labute approximate surface area is 253 Å². The van der Waals surface area contributed by atoms with Crippen LogP contribution in [0.1, 0.15) is 66.9 Å². The molecular formula is C31H44ClN3O7. The Kier molecular flexibility index (Phi) is 12.2. The molecule has 10 nitrogen and oxygen atoms in total. The van der Waals surface area contributed by atoms with Gasteiger partial charge in [0.2, 0.25) is 17.7 Å². The molecule has 0 bridgehead atoms. The van der Waals surface area contributed by atoms with Gasteiger partial charge in [-0.25, -0.2) is 4.79 Å². The van der Waals surface area contributed by atoms with Gasteiger partial charge in [-0.2, -0.15) is 0 Å². The molecule has 0 aromatic heterocycles. The van der Waals surface area contributed by atoms with Gasteiger partial charge >= 0.3 is 5.97 Å². The summed E-state index contributed by atoms with van der Waals surface area (Å²) >= 11 is 6.28. The predicted molar refractivity (Wildman–Crippen MR) is 160 cm³/mol. The van der Waals surface area contributed by atoms with Crippen LogP contribution in [-0.4, -0.2) is 61.3 Å². The second-order valence-electron chi connectivity index (χ2n) is 12.6. The molecule has 0 unspecified atom stereocenters. The van der Waals surface area contributed by atoms with Crippen molar-refractivity contribution in [2.45, 2.75) is 92.0 Å². The minimum Gasteiger partial charge on any atom is -0.495 e. The molecule has 0 fully saturated rings. The first-order chi connectivity index (χ1) is 19.5. The molecule has 11 heteroatoms. The second kappa shape index (κ2) is 14.7. The van der Waals surface area contributed by atoms with Gasteiger partial charge in [0, 0.05) is 24.8 Å². The van der Waals surface area contributed by atoms with Crippen molar-refractivity contribution < 1.29 is 33.4 Å². The Bertz CT molecular complexity index is 1190. The predicted octanol–water partition coefficient (Wildman–Crippen LogP) is 3.53. The Hall–Kier alpha value is -3.40. The summed E-state index contributed by atoms with van der Waals surface area (Å²) in [5, 5.41) is 8.76. The normalized spacial score (nSPS) is 25.7. The minimum atomic E-state index is -1.16. The molecular weight excluding hydrogens is 562 g/mol. The standard InChI is InChI=1S/C31H44ClN3O7/c1-18(17-36)24-10-9-11-26(37)34-22(15-20-12-13-25(41-8)21(32)14-20)27(38)33-19(2)31(6,7)29(40)35-23(28(39)42-24)16-30(3,4)5/h9,11-14,17-19,22-24H,10,15-16H2,1-8H3,(H,33,38)(H,34,37)(H,35,40)/b11-9-/t18-,19+,22-,23+,24+/m1/s1. The third-order valence-electron chi connectivity index (χ3n) is 7.43. The van der Waals surface area contributed by atoms with Crippen LogP contribution in [0.25, 0.3) is 0 Å². The van der Waals surface area contributed by atoms with E-state index in [1.165, 1.54) is 19.3 Å². The molecule has 1 aliphatic heterocycles. The Morgan fingerprint density at radius 2 is 1.79 bits per heavy atom. The van der Waals surface area contributed by atoms with Crippen molar-refractivity contribution in [2.24, 2.45) is 16.7 Å². The number of nitrogens with one attached hydrogen (secondary N) is 3. The smallest absolute Gasteiger partial charge is 0.328 e. The van der Waals surface area contributed by atoms with Crippen LogP contribution in [0, 0.1) is 16.7 Å². The van der Waals surface area contributed by atoms with Crippen LogP contribution in [-0.2, 0) is 35.1 Å². The molecule has 0 spiro atoms. The van der Waals surface area contributed by atoms with Gasteiger partial charge in [0.25, 0.3) is 0 Å². The van der Waals surface area contributed by atoms with Gasteiger partial charge in [-0.15, -0.1) is 0 Å². The average molecular weight is 606 g/mol. The molecule has 0 aliphatic carbocycles. The summed E-state index contributed by atoms with van der Waals surface area (Å²) in [6, 6.07) is 2.39. The van der Waals surface area contributed by atoms with Crippen LogP contribution >= 0.6 is 11.6 Å². The third kappa shape index (κ3) is 9.86. The lowest BCUT2D eigenvalue weighted by Gasteiger charge is -2.35. The van der Waals surface area contributed by atoms with Gasteiger partial charge in [0.05, 0.1) is 17.5 Å². The van der Waals surface area contributed by atoms with Gasteiger partial charge in [-0.1, -0.05) is 51.4 Å². The molecule has 232 valence electrons. The van der Waals surface area contributed by atoms with Crippen LogP contribution in [0.5, 0.6) is 5.75 Å². The van der Waals surface area contributed by atoms with E-state index < -0.39 is 59.3 Å². The highest BCUT2D eigenvalue weighted by molar-refractivity contribution is 6.32. The van der Waals surface area contributed by atoms with Crippen molar-refractivity contribution in [3.8, 4) is 5.75 Å². The summed E-state index contributed by atoms with van der Waals surface area (Å²) in [5.41, 5.74) is -0.819. The number of methoxy groups -OCH3 is 1. The topological polar surface area (TPSA) is 140 Å². The largest absolute Gasteiger partial charge is 0.495 e. The number of carbonyl (C=O) groups excluding carboxylic acids is 5. The molecule has 1 aromatic carbocycles. The van der Waals surface area contributed by atoms with E-state index in [1.54, 1.807) is 45.9 Å². The fraction of sp³-hybridized carbons (Fsp3) is 0.581. The van der Waals surface area contributed by atoms with Crippen LogP contribution < -0.4 is 20.7 Å². The zero-order valence-corrected chi connectivity index (χ0v) is 26.5. The van der Waals surface area contributed by atoms with E-state index in [9.17, 15) is 24.0 Å². The van der Waals surface area contributed by atoms with Crippen LogP contribution in [0.4, 0.5) is 0 Å². The molecule has 1 aliphatic rings. The van der Waals surface area contributed by atoms with E-state index in [4.69, 9.17) is 21.1 Å². The third-order valence-corrected chi connectivity index (χ3v) is 7.72. The summed E-state index contributed by atoms with van der Waals surface area (Å²) < 4.78 is 10.9. The molecule has 2 rings (SSSR count). The molecule has 3 amide bonds. The maximum Gasteiger partial charge on any atom is 0.328 e. The zero-order chi connectivity index (χ0) is 31.8. The number of hydrogen-bond donors (Lipinski definition) is 3. The first-order valence-electron chi connectivity index (χ1n) is 14.0. The molecule has 1 aromatic rings. The van der Waals surface area contributed by atoms with Crippen molar-refractivity contribution >= 4 is 41.6 Å². The number of esters is 1. The van der Waals surface area contributed by atoms with Gasteiger partial charge in [0.1, 0.15) is 30.2 Å². The molecule has 42 heavy (non-hydrogen) atoms. The molecule has 0 saturated carbocycles. The lowest BCUT2D eigenvalue weighted by atomic mass is 9.82. The highest BCUT2D eigenvalue weighted by atomic mass is 35.5. The highest BCUT2D eigenvalue weighted by Crippen LogP contribution is 2.27. The van der Waals surface area contributed by atoms with Crippen molar-refractivity contribution in [2.75, 3.05) is 7.11 Å². The lowest BCUT2D eigenvalue weighted by molar-refractivity contribution is -0.157. The fourth-order valence-electron chi connectivity index (χ4n) is 4.34. The number of rotatable bonds is 6. The number of amides is 3. The molecule has 0 radical (unpaired) electrons. The van der Waals surface area contributed by atoms with E-state index in [-0.39, 0.29) is 24.7 Å². The van der Waals surface area contributed by atoms with E-state index in [1.807, 2.05) is 20.8 Å². The highest BCUT2D eigenvalue weighted by Gasteiger charge is 2.40. The van der Waals surface area contributed by atoms with E-state index in [0.29, 0.717) is 22.6 Å². The first kappa shape index (κ1) is 34.8. The average Bonchev–Trinajstić information content (AvgIpc) is 2.89. The van der Waals surface area contributed by atoms with Crippen molar-refractivity contribution in [3.63, 3.8) is 0 Å². The van der Waals surface area contributed by atoms with Crippen LogP contribution in [0.2, 0.25) is 5.02 Å². The maximum absolute atomic E-state index is 13.5. The number of carbonyl (C=O) groups is 5. The number of ether oxygens (including phenoxy) is 2. The second-order valence-corrected chi connectivity index (χ2v) is 13.0. The van der Waals surface area contributed by atoms with Crippen LogP contribution in [0.3, 0.4) is 0 Å². The Morgan fingerprint density at radius 1 is 1.12 bits per heavy atom. The molecule has 3 N–H and O–H groups in total. The Morgan fingerprint density at radius 3 is 2.36 bits per heavy atom. The van der Waals surface area contributed by atoms with Crippen molar-refractivity contribution in [1.29, 1.82) is 0 Å². The fourth-order valence-corrected chi connectivity index (χ4v) is 4.62. The molecule has 1 heterocycles. The van der Waals surface area contributed by atoms with Gasteiger partial charge in [0.15, 0.2) is 0 Å². The summed E-state index contributed by atoms with van der Waals surface area (Å²) in [7, 11) is 1.49. The number of aldehydes is 1. The van der Waals surface area contributed by atoms with E-state index >= 15 is 0 Å². The minimum absolute atomic E-state index is 0.0722. The summed E-state index contributed by atoms with van der Waals surface area (Å²) in [5.74, 6) is -2.38. The SMILES string of the molecule is COc1ccc(C[C@H]2NC(=O)/C=C\C[C@@H]([C@H](C)C=O)OC(=O)[C@H](CC(C)(C)C)NC(=O)C(C)(C)[C@H](C)NC2=O)cc1Cl. The monoisotopic (exact) mass is 605 g/mol. The van der Waals surface area contributed by atoms with Crippen LogP contribution in [0.15, 0.2) is 30.4 Å².